The van der Waals surface area contributed by atoms with Gasteiger partial charge in [-0.05, 0) is 42.8 Å². The summed E-state index contributed by atoms with van der Waals surface area (Å²) < 4.78 is 15.0. The number of hydrogen-bond donors (Lipinski definition) is 1. The predicted molar refractivity (Wildman–Crippen MR) is 90.9 cm³/mol. The molecule has 0 atom stereocenters. The van der Waals surface area contributed by atoms with Crippen LogP contribution in [0.2, 0.25) is 5.02 Å². The van der Waals surface area contributed by atoms with Crippen molar-refractivity contribution < 1.29 is 9.18 Å². The summed E-state index contributed by atoms with van der Waals surface area (Å²) in [6.07, 6.45) is 0. The van der Waals surface area contributed by atoms with Crippen LogP contribution in [0.25, 0.3) is 10.1 Å². The Morgan fingerprint density at radius 1 is 1.35 bits per heavy atom. The van der Waals surface area contributed by atoms with E-state index in [1.54, 1.807) is 25.1 Å². The first-order chi connectivity index (χ1) is 11.0. The molecule has 23 heavy (non-hydrogen) atoms. The third-order valence-corrected chi connectivity index (χ3v) is 4.90. The Balaban J connectivity index is 1.84. The Labute approximate surface area is 140 Å². The molecule has 3 rings (SSSR count). The number of benzene rings is 2. The number of fused-ring (bicyclic) bond motifs is 1. The van der Waals surface area contributed by atoms with Crippen LogP contribution in [0.3, 0.4) is 0 Å². The molecule has 0 saturated heterocycles. The van der Waals surface area contributed by atoms with E-state index in [0.29, 0.717) is 20.8 Å². The minimum atomic E-state index is -0.412. The van der Waals surface area contributed by atoms with Crippen LogP contribution in [0.1, 0.15) is 5.56 Å². The van der Waals surface area contributed by atoms with Crippen LogP contribution in [-0.2, 0) is 11.3 Å². The number of rotatable bonds is 3. The summed E-state index contributed by atoms with van der Waals surface area (Å²) in [7, 11) is 0. The second kappa shape index (κ2) is 6.14. The summed E-state index contributed by atoms with van der Waals surface area (Å²) in [6, 6.07) is 9.16. The van der Waals surface area contributed by atoms with Gasteiger partial charge < -0.3 is 5.32 Å². The number of hydrogen-bond acceptors (Lipinski definition) is 3. The molecule has 0 aliphatic heterocycles. The van der Waals surface area contributed by atoms with E-state index in [1.807, 2.05) is 0 Å². The van der Waals surface area contributed by atoms with Gasteiger partial charge in [-0.1, -0.05) is 29.2 Å². The number of anilines is 1. The lowest BCUT2D eigenvalue weighted by atomic mass is 10.2. The second-order valence-electron chi connectivity index (χ2n) is 5.03. The van der Waals surface area contributed by atoms with Crippen LogP contribution in [0.4, 0.5) is 10.1 Å². The molecular weight excluding hydrogens is 339 g/mol. The fourth-order valence-electron chi connectivity index (χ4n) is 2.21. The van der Waals surface area contributed by atoms with Crippen molar-refractivity contribution in [3.63, 3.8) is 0 Å². The SMILES string of the molecule is Cc1c(Cl)cccc1NC(=O)Cn1sc2cc(F)ccc2c1=O. The zero-order chi connectivity index (χ0) is 16.6. The smallest absolute Gasteiger partial charge is 0.269 e. The highest BCUT2D eigenvalue weighted by Crippen LogP contribution is 2.23. The maximum absolute atomic E-state index is 13.2. The summed E-state index contributed by atoms with van der Waals surface area (Å²) in [5.41, 5.74) is 1.05. The van der Waals surface area contributed by atoms with Crippen LogP contribution < -0.4 is 10.9 Å². The molecule has 0 saturated carbocycles. The molecule has 1 heterocycles. The van der Waals surface area contributed by atoms with Gasteiger partial charge in [0.1, 0.15) is 12.4 Å². The highest BCUT2D eigenvalue weighted by Gasteiger charge is 2.13. The van der Waals surface area contributed by atoms with Crippen LogP contribution >= 0.6 is 23.1 Å². The first kappa shape index (κ1) is 15.7. The normalized spacial score (nSPS) is 10.9. The molecule has 1 amide bonds. The number of aromatic nitrogens is 1. The van der Waals surface area contributed by atoms with Crippen molar-refractivity contribution in [2.24, 2.45) is 0 Å². The lowest BCUT2D eigenvalue weighted by Crippen LogP contribution is -2.24. The fraction of sp³-hybridized carbons (Fsp3) is 0.125. The Morgan fingerprint density at radius 2 is 2.13 bits per heavy atom. The van der Waals surface area contributed by atoms with Gasteiger partial charge in [-0.15, -0.1) is 0 Å². The molecule has 0 aliphatic rings. The number of amides is 1. The highest BCUT2D eigenvalue weighted by molar-refractivity contribution is 7.13. The molecular formula is C16H12ClFN2O2S. The van der Waals surface area contributed by atoms with E-state index in [0.717, 1.165) is 17.1 Å². The molecule has 1 aromatic heterocycles. The van der Waals surface area contributed by atoms with Gasteiger partial charge in [0.15, 0.2) is 0 Å². The summed E-state index contributed by atoms with van der Waals surface area (Å²) in [5.74, 6) is -0.755. The summed E-state index contributed by atoms with van der Waals surface area (Å²) in [6.45, 7) is 1.66. The molecule has 3 aromatic rings. The van der Waals surface area contributed by atoms with E-state index in [1.165, 1.54) is 22.2 Å². The van der Waals surface area contributed by atoms with Crippen molar-refractivity contribution in [1.29, 1.82) is 0 Å². The van der Waals surface area contributed by atoms with Gasteiger partial charge >= 0.3 is 0 Å². The first-order valence-corrected chi connectivity index (χ1v) is 7.95. The molecule has 0 unspecified atom stereocenters. The molecule has 0 bridgehead atoms. The summed E-state index contributed by atoms with van der Waals surface area (Å²) in [5, 5.41) is 3.69. The van der Waals surface area contributed by atoms with E-state index < -0.39 is 5.82 Å². The van der Waals surface area contributed by atoms with Crippen molar-refractivity contribution in [2.75, 3.05) is 5.32 Å². The van der Waals surface area contributed by atoms with Crippen LogP contribution in [0.15, 0.2) is 41.2 Å². The van der Waals surface area contributed by atoms with Gasteiger partial charge in [-0.2, -0.15) is 0 Å². The molecule has 0 fully saturated rings. The fourth-order valence-corrected chi connectivity index (χ4v) is 3.40. The van der Waals surface area contributed by atoms with Crippen LogP contribution in [0.5, 0.6) is 0 Å². The number of carbonyl (C=O) groups is 1. The summed E-state index contributed by atoms with van der Waals surface area (Å²) in [4.78, 5) is 24.4. The minimum absolute atomic E-state index is 0.133. The predicted octanol–water partition coefficient (Wildman–Crippen LogP) is 3.80. The number of nitrogens with zero attached hydrogens (tertiary/aromatic N) is 1. The average molecular weight is 351 g/mol. The first-order valence-electron chi connectivity index (χ1n) is 6.80. The van der Waals surface area contributed by atoms with E-state index in [2.05, 4.69) is 5.32 Å². The van der Waals surface area contributed by atoms with Gasteiger partial charge in [0, 0.05) is 10.7 Å². The van der Waals surface area contributed by atoms with Crippen molar-refractivity contribution >= 4 is 44.8 Å². The van der Waals surface area contributed by atoms with Gasteiger partial charge in [-0.25, -0.2) is 4.39 Å². The lowest BCUT2D eigenvalue weighted by Gasteiger charge is -2.09. The molecule has 1 N–H and O–H groups in total. The second-order valence-corrected chi connectivity index (χ2v) is 6.50. The van der Waals surface area contributed by atoms with Crippen molar-refractivity contribution in [3.05, 3.63) is 63.2 Å². The van der Waals surface area contributed by atoms with Crippen molar-refractivity contribution in [1.82, 2.24) is 3.96 Å². The Hall–Kier alpha value is -2.18. The summed E-state index contributed by atoms with van der Waals surface area (Å²) >= 11 is 7.07. The number of nitrogens with one attached hydrogen (secondary N) is 1. The third kappa shape index (κ3) is 3.13. The zero-order valence-corrected chi connectivity index (χ0v) is 13.7. The molecule has 0 spiro atoms. The van der Waals surface area contributed by atoms with E-state index in [4.69, 9.17) is 11.6 Å². The molecule has 7 heteroatoms. The third-order valence-electron chi connectivity index (χ3n) is 3.44. The highest BCUT2D eigenvalue weighted by atomic mass is 35.5. The molecule has 0 aliphatic carbocycles. The maximum atomic E-state index is 13.2. The topological polar surface area (TPSA) is 51.1 Å². The Morgan fingerprint density at radius 3 is 2.91 bits per heavy atom. The van der Waals surface area contributed by atoms with E-state index in [-0.39, 0.29) is 18.0 Å². The average Bonchev–Trinajstić information content (AvgIpc) is 2.79. The maximum Gasteiger partial charge on any atom is 0.269 e. The Kier molecular flexibility index (Phi) is 4.19. The van der Waals surface area contributed by atoms with Crippen LogP contribution in [-0.4, -0.2) is 9.86 Å². The van der Waals surface area contributed by atoms with Gasteiger partial charge in [0.05, 0.1) is 10.1 Å². The molecule has 4 nitrogen and oxygen atoms in total. The van der Waals surface area contributed by atoms with Gasteiger partial charge in [-0.3, -0.25) is 13.5 Å². The Bertz CT molecular complexity index is 964. The van der Waals surface area contributed by atoms with E-state index in [9.17, 15) is 14.0 Å². The van der Waals surface area contributed by atoms with E-state index >= 15 is 0 Å². The van der Waals surface area contributed by atoms with Crippen molar-refractivity contribution in [3.8, 4) is 0 Å². The number of halogens is 2. The zero-order valence-electron chi connectivity index (χ0n) is 12.1. The number of carbonyl (C=O) groups excluding carboxylic acids is 1. The van der Waals surface area contributed by atoms with Crippen molar-refractivity contribution in [2.45, 2.75) is 13.5 Å². The monoisotopic (exact) mass is 350 g/mol. The van der Waals surface area contributed by atoms with Gasteiger partial charge in [0.2, 0.25) is 5.91 Å². The largest absolute Gasteiger partial charge is 0.324 e. The molecule has 2 aromatic carbocycles. The van der Waals surface area contributed by atoms with Gasteiger partial charge in [0.25, 0.3) is 5.56 Å². The molecule has 118 valence electrons. The minimum Gasteiger partial charge on any atom is -0.324 e. The van der Waals surface area contributed by atoms with Crippen LogP contribution in [0, 0.1) is 12.7 Å². The molecule has 0 radical (unpaired) electrons. The standard InChI is InChI=1S/C16H12ClFN2O2S/c1-9-12(17)3-2-4-13(9)19-15(21)8-20-16(22)11-6-5-10(18)7-14(11)23-20/h2-7H,8H2,1H3,(H,19,21). The quantitative estimate of drug-likeness (QED) is 0.781. The lowest BCUT2D eigenvalue weighted by molar-refractivity contribution is -0.116.